The van der Waals surface area contributed by atoms with Gasteiger partial charge in [-0.15, -0.1) is 13.2 Å². The highest BCUT2D eigenvalue weighted by molar-refractivity contribution is 5.38. The van der Waals surface area contributed by atoms with E-state index in [0.717, 1.165) is 0 Å². The van der Waals surface area contributed by atoms with Gasteiger partial charge in [0.05, 0.1) is 5.69 Å². The van der Waals surface area contributed by atoms with E-state index in [1.807, 2.05) is 0 Å². The maximum absolute atomic E-state index is 12.0. The van der Waals surface area contributed by atoms with Crippen molar-refractivity contribution in [1.29, 1.82) is 0 Å². The lowest BCUT2D eigenvalue weighted by molar-refractivity contribution is -0.274. The number of ether oxygens (including phenoxy) is 1. The first-order valence-electron chi connectivity index (χ1n) is 4.40. The summed E-state index contributed by atoms with van der Waals surface area (Å²) in [5.74, 6) is -0.263. The van der Waals surface area contributed by atoms with Crippen molar-refractivity contribution in [3.05, 3.63) is 42.7 Å². The summed E-state index contributed by atoms with van der Waals surface area (Å²) in [5.41, 5.74) is 0.506. The maximum atomic E-state index is 12.0. The normalized spacial score (nSPS) is 11.4. The Bertz CT molecular complexity index is 465. The van der Waals surface area contributed by atoms with Crippen LogP contribution in [0.25, 0.3) is 5.69 Å². The Morgan fingerprint density at radius 3 is 2.62 bits per heavy atom. The quantitative estimate of drug-likeness (QED) is 0.790. The first-order chi connectivity index (χ1) is 7.54. The zero-order valence-corrected chi connectivity index (χ0v) is 7.98. The van der Waals surface area contributed by atoms with Crippen molar-refractivity contribution in [2.75, 3.05) is 0 Å². The van der Waals surface area contributed by atoms with Crippen molar-refractivity contribution in [3.63, 3.8) is 0 Å². The summed E-state index contributed by atoms with van der Waals surface area (Å²) in [5, 5.41) is 3.90. The van der Waals surface area contributed by atoms with E-state index in [1.165, 1.54) is 29.1 Å². The number of aromatic nitrogens is 2. The average Bonchev–Trinajstić information content (AvgIpc) is 2.68. The Hall–Kier alpha value is -1.98. The predicted molar refractivity (Wildman–Crippen MR) is 50.2 cm³/mol. The van der Waals surface area contributed by atoms with Gasteiger partial charge in [0, 0.05) is 18.5 Å². The van der Waals surface area contributed by atoms with E-state index in [1.54, 1.807) is 18.3 Å². The summed E-state index contributed by atoms with van der Waals surface area (Å²) in [4.78, 5) is 0. The fourth-order valence-electron chi connectivity index (χ4n) is 1.24. The Morgan fingerprint density at radius 2 is 2.00 bits per heavy atom. The minimum atomic E-state index is -4.68. The van der Waals surface area contributed by atoms with Crippen molar-refractivity contribution >= 4 is 0 Å². The van der Waals surface area contributed by atoms with E-state index in [4.69, 9.17) is 0 Å². The summed E-state index contributed by atoms with van der Waals surface area (Å²) in [7, 11) is 0. The molecule has 3 nitrogen and oxygen atoms in total. The highest BCUT2D eigenvalue weighted by Crippen LogP contribution is 2.24. The number of nitrogens with zero attached hydrogens (tertiary/aromatic N) is 2. The van der Waals surface area contributed by atoms with E-state index >= 15 is 0 Å². The van der Waals surface area contributed by atoms with Crippen LogP contribution in [0.4, 0.5) is 13.2 Å². The van der Waals surface area contributed by atoms with Gasteiger partial charge in [-0.1, -0.05) is 6.07 Å². The summed E-state index contributed by atoms with van der Waals surface area (Å²) in [6.45, 7) is 0. The molecule has 0 bridgehead atoms. The number of halogens is 3. The van der Waals surface area contributed by atoms with Gasteiger partial charge in [0.1, 0.15) is 5.75 Å². The van der Waals surface area contributed by atoms with Crippen molar-refractivity contribution < 1.29 is 17.9 Å². The SMILES string of the molecule is FC(F)(F)Oc1cccc(-n2cccn2)c1. The van der Waals surface area contributed by atoms with Crippen LogP contribution in [0.15, 0.2) is 42.7 Å². The molecule has 0 spiro atoms. The van der Waals surface area contributed by atoms with Crippen LogP contribution in [0.3, 0.4) is 0 Å². The van der Waals surface area contributed by atoms with Gasteiger partial charge < -0.3 is 4.74 Å². The molecule has 0 aliphatic carbocycles. The highest BCUT2D eigenvalue weighted by atomic mass is 19.4. The number of benzene rings is 1. The molecule has 1 aromatic heterocycles. The van der Waals surface area contributed by atoms with Gasteiger partial charge in [0.25, 0.3) is 0 Å². The Balaban J connectivity index is 2.27. The number of hydrogen-bond acceptors (Lipinski definition) is 2. The maximum Gasteiger partial charge on any atom is 0.573 e. The van der Waals surface area contributed by atoms with E-state index in [0.29, 0.717) is 5.69 Å². The number of rotatable bonds is 2. The van der Waals surface area contributed by atoms with Crippen LogP contribution < -0.4 is 4.74 Å². The summed E-state index contributed by atoms with van der Waals surface area (Å²) in [6, 6.07) is 7.28. The molecule has 2 rings (SSSR count). The largest absolute Gasteiger partial charge is 0.573 e. The van der Waals surface area contributed by atoms with Gasteiger partial charge in [-0.2, -0.15) is 5.10 Å². The first-order valence-corrected chi connectivity index (χ1v) is 4.40. The molecule has 0 aliphatic heterocycles. The van der Waals surface area contributed by atoms with Crippen LogP contribution in [-0.4, -0.2) is 16.1 Å². The molecule has 0 amide bonds. The molecule has 16 heavy (non-hydrogen) atoms. The van der Waals surface area contributed by atoms with Gasteiger partial charge >= 0.3 is 6.36 Å². The molecule has 0 atom stereocenters. The lowest BCUT2D eigenvalue weighted by Gasteiger charge is -2.09. The van der Waals surface area contributed by atoms with Crippen LogP contribution in [0, 0.1) is 0 Å². The van der Waals surface area contributed by atoms with E-state index in [9.17, 15) is 13.2 Å². The molecular weight excluding hydrogens is 221 g/mol. The average molecular weight is 228 g/mol. The first kappa shape index (κ1) is 10.5. The van der Waals surface area contributed by atoms with Crippen LogP contribution >= 0.6 is 0 Å². The molecule has 0 fully saturated rings. The fourth-order valence-corrected chi connectivity index (χ4v) is 1.24. The molecule has 6 heteroatoms. The van der Waals surface area contributed by atoms with Gasteiger partial charge in [-0.25, -0.2) is 4.68 Å². The predicted octanol–water partition coefficient (Wildman–Crippen LogP) is 2.77. The molecule has 0 aliphatic rings. The standard InChI is InChI=1S/C10H7F3N2O/c11-10(12,13)16-9-4-1-3-8(7-9)15-6-2-5-14-15/h1-7H. The second kappa shape index (κ2) is 3.88. The van der Waals surface area contributed by atoms with Gasteiger partial charge in [-0.05, 0) is 18.2 Å². The summed E-state index contributed by atoms with van der Waals surface area (Å²) >= 11 is 0. The third-order valence-corrected chi connectivity index (χ3v) is 1.82. The van der Waals surface area contributed by atoms with E-state index in [2.05, 4.69) is 9.84 Å². The van der Waals surface area contributed by atoms with Crippen molar-refractivity contribution in [2.45, 2.75) is 6.36 Å². The zero-order valence-electron chi connectivity index (χ0n) is 7.98. The highest BCUT2D eigenvalue weighted by Gasteiger charge is 2.31. The number of alkyl halides is 3. The Morgan fingerprint density at radius 1 is 1.19 bits per heavy atom. The lowest BCUT2D eigenvalue weighted by Crippen LogP contribution is -2.17. The van der Waals surface area contributed by atoms with Crippen molar-refractivity contribution in [1.82, 2.24) is 9.78 Å². The van der Waals surface area contributed by atoms with Gasteiger partial charge in [-0.3, -0.25) is 0 Å². The Kier molecular flexibility index (Phi) is 2.55. The third kappa shape index (κ3) is 2.53. The zero-order chi connectivity index (χ0) is 11.6. The molecule has 0 unspecified atom stereocenters. The van der Waals surface area contributed by atoms with Crippen LogP contribution in [-0.2, 0) is 0 Å². The van der Waals surface area contributed by atoms with Crippen molar-refractivity contribution in [2.24, 2.45) is 0 Å². The van der Waals surface area contributed by atoms with Crippen molar-refractivity contribution in [3.8, 4) is 11.4 Å². The van der Waals surface area contributed by atoms with Gasteiger partial charge in [0.15, 0.2) is 0 Å². The third-order valence-electron chi connectivity index (χ3n) is 1.82. The molecule has 0 N–H and O–H groups in total. The van der Waals surface area contributed by atoms with E-state index in [-0.39, 0.29) is 5.75 Å². The molecule has 0 saturated heterocycles. The molecule has 1 aromatic carbocycles. The molecule has 84 valence electrons. The van der Waals surface area contributed by atoms with Crippen LogP contribution in [0.2, 0.25) is 0 Å². The lowest BCUT2D eigenvalue weighted by atomic mass is 10.3. The minimum Gasteiger partial charge on any atom is -0.406 e. The number of hydrogen-bond donors (Lipinski definition) is 0. The Labute approximate surface area is 89.1 Å². The smallest absolute Gasteiger partial charge is 0.406 e. The molecular formula is C10H7F3N2O. The van der Waals surface area contributed by atoms with E-state index < -0.39 is 6.36 Å². The molecule has 0 radical (unpaired) electrons. The van der Waals surface area contributed by atoms with Crippen LogP contribution in [0.1, 0.15) is 0 Å². The van der Waals surface area contributed by atoms with Gasteiger partial charge in [0.2, 0.25) is 0 Å². The minimum absolute atomic E-state index is 0.263. The molecule has 2 aromatic rings. The fraction of sp³-hybridized carbons (Fsp3) is 0.100. The molecule has 0 saturated carbocycles. The second-order valence-corrected chi connectivity index (χ2v) is 3.00. The van der Waals surface area contributed by atoms with Crippen LogP contribution in [0.5, 0.6) is 5.75 Å². The summed E-state index contributed by atoms with van der Waals surface area (Å²) in [6.07, 6.45) is -1.51. The topological polar surface area (TPSA) is 27.1 Å². The summed E-state index contributed by atoms with van der Waals surface area (Å²) < 4.78 is 41.2. The monoisotopic (exact) mass is 228 g/mol. The molecule has 1 heterocycles. The second-order valence-electron chi connectivity index (χ2n) is 3.00.